The summed E-state index contributed by atoms with van der Waals surface area (Å²) in [7, 11) is -3.99. The molecule has 3 aromatic carbocycles. The fourth-order valence-corrected chi connectivity index (χ4v) is 4.95. The van der Waals surface area contributed by atoms with E-state index in [1.165, 1.54) is 29.2 Å². The van der Waals surface area contributed by atoms with E-state index in [-0.39, 0.29) is 36.0 Å². The van der Waals surface area contributed by atoms with Crippen molar-refractivity contribution in [3.05, 3.63) is 95.8 Å². The highest BCUT2D eigenvalue weighted by molar-refractivity contribution is 7.89. The van der Waals surface area contributed by atoms with Crippen molar-refractivity contribution in [3.8, 4) is 0 Å². The number of amides is 1. The Morgan fingerprint density at radius 1 is 0.828 bits per heavy atom. The van der Waals surface area contributed by atoms with Crippen LogP contribution in [0.15, 0.2) is 83.8 Å². The van der Waals surface area contributed by atoms with Gasteiger partial charge in [-0.25, -0.2) is 12.8 Å². The van der Waals surface area contributed by atoms with Gasteiger partial charge in [0.2, 0.25) is 15.9 Å². The van der Waals surface area contributed by atoms with E-state index in [4.69, 9.17) is 0 Å². The number of hydrogen-bond acceptors (Lipinski definition) is 3. The average molecular weight is 410 g/mol. The van der Waals surface area contributed by atoms with E-state index in [1.807, 2.05) is 30.3 Å². The maximum Gasteiger partial charge on any atom is 0.245 e. The molecule has 0 saturated heterocycles. The number of sulfonamides is 1. The van der Waals surface area contributed by atoms with Crippen molar-refractivity contribution >= 4 is 21.6 Å². The van der Waals surface area contributed by atoms with Gasteiger partial charge in [-0.1, -0.05) is 60.7 Å². The molecule has 5 nitrogen and oxygen atoms in total. The van der Waals surface area contributed by atoms with Crippen LogP contribution >= 0.6 is 0 Å². The lowest BCUT2D eigenvalue weighted by atomic mass is 10.2. The highest BCUT2D eigenvalue weighted by Crippen LogP contribution is 2.33. The largest absolute Gasteiger partial charge is 0.305 e. The summed E-state index contributed by atoms with van der Waals surface area (Å²) >= 11 is 0. The lowest BCUT2D eigenvalue weighted by Gasteiger charge is -2.22. The molecule has 0 radical (unpaired) electrons. The number of fused-ring (bicyclic) bond motifs is 1. The fourth-order valence-electron chi connectivity index (χ4n) is 3.39. The third kappa shape index (κ3) is 3.79. The molecule has 0 saturated carbocycles. The number of para-hydroxylation sites is 1. The number of nitrogens with zero attached hydrogens (tertiary/aromatic N) is 2. The highest BCUT2D eigenvalue weighted by Gasteiger charge is 2.36. The summed E-state index contributed by atoms with van der Waals surface area (Å²) in [6.07, 6.45) is 0. The molecule has 1 amide bonds. The van der Waals surface area contributed by atoms with Crippen LogP contribution in [-0.4, -0.2) is 25.2 Å². The summed E-state index contributed by atoms with van der Waals surface area (Å²) in [5.41, 5.74) is 1.44. The Morgan fingerprint density at radius 2 is 1.48 bits per heavy atom. The minimum Gasteiger partial charge on any atom is -0.305 e. The van der Waals surface area contributed by atoms with Gasteiger partial charge in [0, 0.05) is 12.1 Å². The molecule has 0 spiro atoms. The predicted molar refractivity (Wildman–Crippen MR) is 108 cm³/mol. The van der Waals surface area contributed by atoms with Gasteiger partial charge in [0.15, 0.2) is 0 Å². The molecule has 0 fully saturated rings. The van der Waals surface area contributed by atoms with E-state index in [1.54, 1.807) is 24.3 Å². The summed E-state index contributed by atoms with van der Waals surface area (Å²) in [6, 6.07) is 21.8. The molecule has 4 rings (SSSR count). The van der Waals surface area contributed by atoms with Crippen LogP contribution in [0.5, 0.6) is 0 Å². The lowest BCUT2D eigenvalue weighted by Crippen LogP contribution is -2.39. The van der Waals surface area contributed by atoms with Crippen molar-refractivity contribution in [2.75, 3.05) is 11.4 Å². The minimum atomic E-state index is -3.99. The quantitative estimate of drug-likeness (QED) is 0.661. The van der Waals surface area contributed by atoms with Crippen LogP contribution in [0.1, 0.15) is 11.1 Å². The smallest absolute Gasteiger partial charge is 0.245 e. The van der Waals surface area contributed by atoms with E-state index in [0.29, 0.717) is 5.69 Å². The van der Waals surface area contributed by atoms with Crippen LogP contribution in [-0.2, 0) is 27.9 Å². The summed E-state index contributed by atoms with van der Waals surface area (Å²) in [6.45, 7) is -0.327. The Labute approximate surface area is 169 Å². The van der Waals surface area contributed by atoms with Crippen LogP contribution in [0.2, 0.25) is 0 Å². The van der Waals surface area contributed by atoms with Crippen LogP contribution in [0, 0.1) is 5.82 Å². The van der Waals surface area contributed by atoms with Crippen LogP contribution in [0.4, 0.5) is 10.1 Å². The molecular weight excluding hydrogens is 391 g/mol. The molecule has 1 heterocycles. The highest BCUT2D eigenvalue weighted by atomic mass is 32.2. The summed E-state index contributed by atoms with van der Waals surface area (Å²) in [4.78, 5) is 14.6. The van der Waals surface area contributed by atoms with Crippen molar-refractivity contribution in [2.45, 2.75) is 18.0 Å². The van der Waals surface area contributed by atoms with Gasteiger partial charge in [-0.05, 0) is 23.8 Å². The number of hydrogen-bond donors (Lipinski definition) is 0. The van der Waals surface area contributed by atoms with E-state index >= 15 is 0 Å². The Balaban J connectivity index is 1.77. The molecule has 7 heteroatoms. The van der Waals surface area contributed by atoms with Crippen molar-refractivity contribution in [1.29, 1.82) is 0 Å². The molecular formula is C22H19FN2O3S. The minimum absolute atomic E-state index is 0.0399. The first kappa shape index (κ1) is 19.3. The number of carbonyl (C=O) groups excluding carboxylic acids is 1. The van der Waals surface area contributed by atoms with Gasteiger partial charge in [-0.15, -0.1) is 0 Å². The first-order chi connectivity index (χ1) is 14.0. The number of carbonyl (C=O) groups is 1. The molecule has 29 heavy (non-hydrogen) atoms. The van der Waals surface area contributed by atoms with Gasteiger partial charge in [-0.3, -0.25) is 4.79 Å². The molecule has 0 atom stereocenters. The number of rotatable bonds is 4. The normalized spacial score (nSPS) is 16.3. The van der Waals surface area contributed by atoms with Gasteiger partial charge in [0.05, 0.1) is 18.8 Å². The van der Waals surface area contributed by atoms with Crippen LogP contribution in [0.3, 0.4) is 0 Å². The SMILES string of the molecule is O=C1CN(Cc2ccccc2F)S(=O)(=O)c2ccccc2N1Cc1ccccc1. The number of halogens is 1. The second-order valence-electron chi connectivity index (χ2n) is 6.80. The monoisotopic (exact) mass is 410 g/mol. The summed E-state index contributed by atoms with van der Waals surface area (Å²) in [5.74, 6) is -0.868. The summed E-state index contributed by atoms with van der Waals surface area (Å²) < 4.78 is 41.8. The van der Waals surface area contributed by atoms with Gasteiger partial charge < -0.3 is 4.90 Å². The second kappa shape index (κ2) is 7.77. The Morgan fingerprint density at radius 3 is 2.24 bits per heavy atom. The molecule has 0 bridgehead atoms. The maximum absolute atomic E-state index is 14.1. The average Bonchev–Trinajstić information content (AvgIpc) is 2.80. The molecule has 0 N–H and O–H groups in total. The van der Waals surface area contributed by atoms with Crippen molar-refractivity contribution in [3.63, 3.8) is 0 Å². The second-order valence-corrected chi connectivity index (χ2v) is 8.70. The molecule has 0 unspecified atom stereocenters. The first-order valence-corrected chi connectivity index (χ1v) is 10.6. The molecule has 0 aromatic heterocycles. The fraction of sp³-hybridized carbons (Fsp3) is 0.136. The zero-order chi connectivity index (χ0) is 20.4. The molecule has 1 aliphatic rings. The topological polar surface area (TPSA) is 57.7 Å². The van der Waals surface area contributed by atoms with Crippen molar-refractivity contribution < 1.29 is 17.6 Å². The third-order valence-corrected chi connectivity index (χ3v) is 6.71. The van der Waals surface area contributed by atoms with Gasteiger partial charge >= 0.3 is 0 Å². The number of benzene rings is 3. The van der Waals surface area contributed by atoms with E-state index < -0.39 is 15.8 Å². The Kier molecular flexibility index (Phi) is 5.17. The van der Waals surface area contributed by atoms with Gasteiger partial charge in [-0.2, -0.15) is 4.31 Å². The maximum atomic E-state index is 14.1. The van der Waals surface area contributed by atoms with E-state index in [0.717, 1.165) is 9.87 Å². The van der Waals surface area contributed by atoms with E-state index in [9.17, 15) is 17.6 Å². The zero-order valence-corrected chi connectivity index (χ0v) is 16.3. The third-order valence-electron chi connectivity index (χ3n) is 4.87. The van der Waals surface area contributed by atoms with Crippen molar-refractivity contribution in [1.82, 2.24) is 4.31 Å². The summed E-state index contributed by atoms with van der Waals surface area (Å²) in [5, 5.41) is 0. The molecule has 148 valence electrons. The lowest BCUT2D eigenvalue weighted by molar-refractivity contribution is -0.119. The van der Waals surface area contributed by atoms with E-state index in [2.05, 4.69) is 0 Å². The first-order valence-electron chi connectivity index (χ1n) is 9.14. The van der Waals surface area contributed by atoms with Crippen LogP contribution in [0.25, 0.3) is 0 Å². The van der Waals surface area contributed by atoms with Crippen molar-refractivity contribution in [2.24, 2.45) is 0 Å². The molecule has 0 aliphatic carbocycles. The van der Waals surface area contributed by atoms with Crippen LogP contribution < -0.4 is 4.90 Å². The standard InChI is InChI=1S/C22H19FN2O3S/c23-19-11-5-4-10-18(19)15-24-16-22(26)25(14-17-8-2-1-3-9-17)20-12-6-7-13-21(20)29(24,27)28/h1-13H,14-16H2. The number of anilines is 1. The molecule has 3 aromatic rings. The zero-order valence-electron chi connectivity index (χ0n) is 15.5. The van der Waals surface area contributed by atoms with Gasteiger partial charge in [0.1, 0.15) is 10.7 Å². The predicted octanol–water partition coefficient (Wildman–Crippen LogP) is 3.56. The Hall–Kier alpha value is -3.03. The Bertz CT molecular complexity index is 1150. The molecule has 1 aliphatic heterocycles. The van der Waals surface area contributed by atoms with Gasteiger partial charge in [0.25, 0.3) is 0 Å².